The number of halogens is 2. The maximum absolute atomic E-state index is 11.7. The summed E-state index contributed by atoms with van der Waals surface area (Å²) in [7, 11) is 0. The van der Waals surface area contributed by atoms with E-state index in [0.29, 0.717) is 40.0 Å². The van der Waals surface area contributed by atoms with Gasteiger partial charge >= 0.3 is 0 Å². The lowest BCUT2D eigenvalue weighted by Gasteiger charge is -2.14. The van der Waals surface area contributed by atoms with Gasteiger partial charge in [-0.15, -0.1) is 0 Å². The van der Waals surface area contributed by atoms with Crippen LogP contribution in [-0.4, -0.2) is 28.5 Å². The molecule has 8 aromatic rings. The molecule has 0 saturated heterocycles. The molecule has 0 radical (unpaired) electrons. The summed E-state index contributed by atoms with van der Waals surface area (Å²) in [6, 6.07) is 47.2. The summed E-state index contributed by atoms with van der Waals surface area (Å²) < 4.78 is 8.08. The second-order valence-electron chi connectivity index (χ2n) is 13.8. The topological polar surface area (TPSA) is 96.4 Å². The van der Waals surface area contributed by atoms with E-state index in [9.17, 15) is 15.6 Å². The average Bonchev–Trinajstić information content (AvgIpc) is 3.62. The minimum absolute atomic E-state index is 0.207. The van der Waals surface area contributed by atoms with Crippen molar-refractivity contribution in [3.8, 4) is 0 Å². The van der Waals surface area contributed by atoms with Crippen LogP contribution in [0.15, 0.2) is 151 Å². The molecule has 6 aromatic carbocycles. The zero-order valence-corrected chi connectivity index (χ0v) is 31.7. The second kappa shape index (κ2) is 15.6. The number of hydrogen-bond donors (Lipinski definition) is 3. The number of fused-ring (bicyclic) bond motifs is 2. The van der Waals surface area contributed by atoms with Crippen molar-refractivity contribution in [3.05, 3.63) is 195 Å². The predicted molar refractivity (Wildman–Crippen MR) is 220 cm³/mol. The van der Waals surface area contributed by atoms with E-state index in [-0.39, 0.29) is 18.7 Å². The number of nitrogens with zero attached hydrogens (tertiary/aromatic N) is 5. The van der Waals surface area contributed by atoms with Gasteiger partial charge in [0.15, 0.2) is 0 Å². The lowest BCUT2D eigenvalue weighted by molar-refractivity contribution is 0.155. The quantitative estimate of drug-likeness (QED) is 0.123. The first-order chi connectivity index (χ1) is 26.7. The van der Waals surface area contributed by atoms with Crippen molar-refractivity contribution in [1.29, 1.82) is 5.41 Å². The summed E-state index contributed by atoms with van der Waals surface area (Å²) in [4.78, 5) is 5.36. The van der Waals surface area contributed by atoms with Crippen LogP contribution in [0.3, 0.4) is 0 Å². The third-order valence-corrected chi connectivity index (χ3v) is 11.0. The van der Waals surface area contributed by atoms with Gasteiger partial charge in [0.1, 0.15) is 0 Å². The van der Waals surface area contributed by atoms with E-state index >= 15 is 0 Å². The van der Waals surface area contributed by atoms with E-state index in [4.69, 9.17) is 28.2 Å². The van der Waals surface area contributed by atoms with Gasteiger partial charge in [-0.25, -0.2) is 4.99 Å². The fourth-order valence-corrected chi connectivity index (χ4v) is 7.58. The second-order valence-corrected chi connectivity index (χ2v) is 14.6. The summed E-state index contributed by atoms with van der Waals surface area (Å²) in [6.07, 6.45) is -1.70. The number of nitrogens with one attached hydrogen (secondary N) is 1. The molecule has 0 spiro atoms. The highest BCUT2D eigenvalue weighted by Gasteiger charge is 2.20. The summed E-state index contributed by atoms with van der Waals surface area (Å²) in [5.74, 6) is 0. The van der Waals surface area contributed by atoms with Gasteiger partial charge in [0.05, 0.1) is 76.2 Å². The number of aliphatic hydroxyl groups excluding tert-OH is 2. The Morgan fingerprint density at radius 2 is 1.18 bits per heavy atom. The molecule has 0 saturated carbocycles. The van der Waals surface area contributed by atoms with Crippen LogP contribution in [0.2, 0.25) is 10.0 Å². The van der Waals surface area contributed by atoms with Crippen molar-refractivity contribution in [2.24, 2.45) is 4.99 Å². The molecule has 2 atom stereocenters. The van der Waals surface area contributed by atoms with Crippen LogP contribution in [0.4, 0.5) is 5.69 Å². The molecule has 10 heteroatoms. The Morgan fingerprint density at radius 1 is 0.564 bits per heavy atom. The smallest absolute Gasteiger partial charge is 0.211 e. The van der Waals surface area contributed by atoms with Gasteiger partial charge < -0.3 is 28.5 Å². The van der Waals surface area contributed by atoms with Crippen LogP contribution in [0.25, 0.3) is 22.1 Å². The van der Waals surface area contributed by atoms with Gasteiger partial charge in [0, 0.05) is 0 Å². The minimum Gasteiger partial charge on any atom is -0.387 e. The van der Waals surface area contributed by atoms with Crippen LogP contribution in [0.5, 0.6) is 0 Å². The molecule has 2 unspecified atom stereocenters. The van der Waals surface area contributed by atoms with Crippen LogP contribution in [0.1, 0.15) is 40.0 Å². The van der Waals surface area contributed by atoms with E-state index in [0.717, 1.165) is 38.8 Å². The molecule has 3 N–H and O–H groups in total. The maximum atomic E-state index is 11.7. The molecular weight excluding hydrogens is 727 g/mol. The van der Waals surface area contributed by atoms with Crippen molar-refractivity contribution < 1.29 is 10.2 Å². The summed E-state index contributed by atoms with van der Waals surface area (Å²) in [6.45, 7) is 3.56. The molecular formula is C45H40Cl2N6O2. The number of imidazole rings is 2. The van der Waals surface area contributed by atoms with Gasteiger partial charge in [0.25, 0.3) is 0 Å². The van der Waals surface area contributed by atoms with E-state index in [1.807, 2.05) is 106 Å². The van der Waals surface area contributed by atoms with Crippen LogP contribution < -0.4 is 11.2 Å². The first-order valence-electron chi connectivity index (χ1n) is 18.2. The first kappa shape index (κ1) is 36.3. The number of rotatable bonds is 11. The highest BCUT2D eigenvalue weighted by atomic mass is 35.5. The Bertz CT molecular complexity index is 2770. The van der Waals surface area contributed by atoms with Gasteiger partial charge in [0.2, 0.25) is 11.2 Å². The molecule has 0 bridgehead atoms. The Kier molecular flexibility index (Phi) is 10.3. The number of aryl methyl sites for hydroxylation is 1. The fourth-order valence-electron chi connectivity index (χ4n) is 7.27. The molecule has 8 rings (SSSR count). The fraction of sp³-hybridized carbons (Fsp3) is 0.156. The van der Waals surface area contributed by atoms with Crippen LogP contribution in [-0.2, 0) is 26.2 Å². The first-order valence-corrected chi connectivity index (χ1v) is 19.0. The minimum atomic E-state index is -0.905. The van der Waals surface area contributed by atoms with Gasteiger partial charge in [-0.2, -0.15) is 0 Å². The van der Waals surface area contributed by atoms with Gasteiger partial charge in [-0.3, -0.25) is 5.41 Å². The number of aromatic nitrogens is 4. The normalized spacial score (nSPS) is 13.1. The number of hydrogen-bond acceptors (Lipinski definition) is 4. The predicted octanol–water partition coefficient (Wildman–Crippen LogP) is 9.09. The van der Waals surface area contributed by atoms with Gasteiger partial charge in [-0.1, -0.05) is 126 Å². The molecule has 0 aliphatic heterocycles. The Hall–Kier alpha value is -5.64. The van der Waals surface area contributed by atoms with Crippen molar-refractivity contribution in [3.63, 3.8) is 0 Å². The zero-order valence-electron chi connectivity index (χ0n) is 30.2. The van der Waals surface area contributed by atoms with Crippen molar-refractivity contribution in [2.75, 3.05) is 0 Å². The molecule has 276 valence electrons. The van der Waals surface area contributed by atoms with E-state index in [2.05, 4.69) is 46.4 Å². The molecule has 0 fully saturated rings. The molecule has 0 aliphatic carbocycles. The molecule has 0 amide bonds. The standard InChI is InChI=1S/C45H40Cl2N6O2/c1-30-12-8-9-17-34(30)27-52-38-18-10-11-19-39(38)53(29-43(55)33-20-22-36(46)37(47)24-33)45(52)49-35-21-23-40-41(25-35)50(26-31-13-4-2-5-14-31)44(48)51(40)28-42(54)32-15-6-3-7-16-32/h2-25,42-43,48,54-55H,26-29H2,1H3. The highest BCUT2D eigenvalue weighted by molar-refractivity contribution is 6.42. The third kappa shape index (κ3) is 7.42. The van der Waals surface area contributed by atoms with Gasteiger partial charge in [-0.05, 0) is 77.2 Å². The van der Waals surface area contributed by atoms with Crippen molar-refractivity contribution >= 4 is 51.0 Å². The summed E-state index contributed by atoms with van der Waals surface area (Å²) in [5, 5.41) is 33.1. The summed E-state index contributed by atoms with van der Waals surface area (Å²) >= 11 is 12.6. The Morgan fingerprint density at radius 3 is 1.91 bits per heavy atom. The van der Waals surface area contributed by atoms with E-state index < -0.39 is 12.2 Å². The maximum Gasteiger partial charge on any atom is 0.211 e. The monoisotopic (exact) mass is 766 g/mol. The number of aliphatic hydroxyl groups is 2. The summed E-state index contributed by atoms with van der Waals surface area (Å²) in [5.41, 5.74) is 9.96. The Balaban J connectivity index is 1.32. The number of para-hydroxylation sites is 2. The molecule has 55 heavy (non-hydrogen) atoms. The molecule has 8 nitrogen and oxygen atoms in total. The lowest BCUT2D eigenvalue weighted by Crippen LogP contribution is -2.28. The SMILES string of the molecule is Cc1ccccc1Cn1c(=Nc2ccc3c(c2)n(Cc2ccccc2)c(=N)n3CC(O)c2ccccc2)n(CC(O)c2ccc(Cl)c(Cl)c2)c2ccccc21. The molecule has 2 heterocycles. The highest BCUT2D eigenvalue weighted by Crippen LogP contribution is 2.28. The molecule has 2 aromatic heterocycles. The Labute approximate surface area is 328 Å². The van der Waals surface area contributed by atoms with Crippen LogP contribution >= 0.6 is 23.2 Å². The lowest BCUT2D eigenvalue weighted by atomic mass is 10.1. The van der Waals surface area contributed by atoms with E-state index in [1.54, 1.807) is 18.2 Å². The largest absolute Gasteiger partial charge is 0.387 e. The van der Waals surface area contributed by atoms with Crippen molar-refractivity contribution in [2.45, 2.75) is 45.3 Å². The zero-order chi connectivity index (χ0) is 38.1. The van der Waals surface area contributed by atoms with E-state index in [1.165, 1.54) is 5.56 Å². The third-order valence-electron chi connectivity index (χ3n) is 10.2. The molecule has 0 aliphatic rings. The van der Waals surface area contributed by atoms with Crippen LogP contribution in [0, 0.1) is 12.3 Å². The average molecular weight is 768 g/mol. The number of benzene rings is 6. The van der Waals surface area contributed by atoms with Crippen molar-refractivity contribution in [1.82, 2.24) is 18.3 Å².